The molecule has 0 spiro atoms. The highest BCUT2D eigenvalue weighted by molar-refractivity contribution is 7.99. The van der Waals surface area contributed by atoms with E-state index in [4.69, 9.17) is 38.4 Å². The van der Waals surface area contributed by atoms with E-state index >= 15 is 0 Å². The number of ether oxygens (including phenoxy) is 6. The number of thioether (sulfide) groups is 1. The molecule has 2 fully saturated rings. The molecule has 13 nitrogen and oxygen atoms in total. The van der Waals surface area contributed by atoms with E-state index < -0.39 is 30.1 Å². The molecule has 63 heavy (non-hydrogen) atoms. The van der Waals surface area contributed by atoms with Gasteiger partial charge in [0, 0.05) is 54.7 Å². The first-order chi connectivity index (χ1) is 31.0. The summed E-state index contributed by atoms with van der Waals surface area (Å²) >= 11 is 1.74. The topological polar surface area (TPSA) is 158 Å². The van der Waals surface area contributed by atoms with Crippen molar-refractivity contribution in [2.75, 3.05) is 71.8 Å². The zero-order valence-electron chi connectivity index (χ0n) is 36.7. The number of carbonyl (C=O) groups excluding carboxylic acids is 1. The highest BCUT2D eigenvalue weighted by atomic mass is 32.2. The third-order valence-corrected chi connectivity index (χ3v) is 13.3. The molecule has 0 radical (unpaired) electrons. The fourth-order valence-corrected chi connectivity index (χ4v) is 10.3. The van der Waals surface area contributed by atoms with Crippen LogP contribution in [0.25, 0.3) is 0 Å². The number of amides is 1. The van der Waals surface area contributed by atoms with E-state index in [1.165, 1.54) is 4.90 Å². The Labute approximate surface area is 377 Å². The third-order valence-electron chi connectivity index (χ3n) is 12.3. The van der Waals surface area contributed by atoms with Crippen LogP contribution in [0, 0.1) is 17.8 Å². The maximum atomic E-state index is 14.4. The Bertz CT molecular complexity index is 1790. The molecular formula is C49H68N2O11S. The summed E-state index contributed by atoms with van der Waals surface area (Å²) in [4.78, 5) is 23.5. The molecule has 1 saturated carbocycles. The summed E-state index contributed by atoms with van der Waals surface area (Å²) in [5.41, 5.74) is 2.57. The minimum Gasteiger partial charge on any atom is -0.493 e. The molecule has 0 bridgehead atoms. The molecule has 7 atom stereocenters. The van der Waals surface area contributed by atoms with Crippen LogP contribution >= 0.6 is 11.8 Å². The number of oxime groups is 1. The fraction of sp³-hybridized carbons (Fsp3) is 0.592. The van der Waals surface area contributed by atoms with Gasteiger partial charge in [-0.15, -0.1) is 24.9 Å². The number of aliphatic hydroxyl groups is 3. The second kappa shape index (κ2) is 25.6. The smallest absolute Gasteiger partial charge is 0.410 e. The van der Waals surface area contributed by atoms with Crippen molar-refractivity contribution in [2.24, 2.45) is 22.9 Å². The van der Waals surface area contributed by atoms with E-state index in [0.29, 0.717) is 50.4 Å². The molecule has 6 rings (SSSR count). The summed E-state index contributed by atoms with van der Waals surface area (Å²) in [5.74, 6) is 0.0407. The Morgan fingerprint density at radius 2 is 1.78 bits per heavy atom. The first-order valence-corrected chi connectivity index (χ1v) is 23.9. The minimum absolute atomic E-state index is 0.0470. The fourth-order valence-electron chi connectivity index (χ4n) is 9.51. The summed E-state index contributed by atoms with van der Waals surface area (Å²) in [6.07, 6.45) is 12.5. The van der Waals surface area contributed by atoms with Crippen molar-refractivity contribution in [1.82, 2.24) is 4.90 Å². The molecule has 346 valence electrons. The van der Waals surface area contributed by atoms with Gasteiger partial charge < -0.3 is 48.6 Å². The van der Waals surface area contributed by atoms with Gasteiger partial charge in [-0.25, -0.2) is 4.79 Å². The number of allylic oxidation sites excluding steroid dienone is 1. The van der Waals surface area contributed by atoms with Gasteiger partial charge in [0.05, 0.1) is 57.9 Å². The van der Waals surface area contributed by atoms with Crippen molar-refractivity contribution in [3.05, 3.63) is 91.1 Å². The van der Waals surface area contributed by atoms with E-state index in [0.717, 1.165) is 61.2 Å². The van der Waals surface area contributed by atoms with Gasteiger partial charge in [-0.05, 0) is 92.7 Å². The van der Waals surface area contributed by atoms with Crippen LogP contribution in [0.1, 0.15) is 82.1 Å². The van der Waals surface area contributed by atoms with Crippen molar-refractivity contribution in [3.63, 3.8) is 0 Å². The van der Waals surface area contributed by atoms with Gasteiger partial charge in [0.2, 0.25) is 12.1 Å². The van der Waals surface area contributed by atoms with E-state index in [2.05, 4.69) is 37.4 Å². The maximum absolute atomic E-state index is 14.4. The second-order valence-electron chi connectivity index (χ2n) is 16.4. The lowest BCUT2D eigenvalue weighted by Gasteiger charge is -2.59. The third kappa shape index (κ3) is 12.7. The SMILES string of the molecule is C=CCCOC(=O)N(CCOCCO)C1CC(=NOC2CCCCO2)C2=CC(CCCCO)C(CCCCO)C3c4cc(OCCSc5ccccc5)ccc4OC1(OCC=C)C23. The number of unbranched alkanes of at least 4 members (excludes halogenated alkanes) is 2. The average molecular weight is 893 g/mol. The second-order valence-corrected chi connectivity index (χ2v) is 17.6. The zero-order valence-corrected chi connectivity index (χ0v) is 37.5. The van der Waals surface area contributed by atoms with Crippen LogP contribution in [0.5, 0.6) is 11.5 Å². The number of benzene rings is 2. The van der Waals surface area contributed by atoms with Gasteiger partial charge in [0.1, 0.15) is 17.5 Å². The largest absolute Gasteiger partial charge is 0.493 e. The minimum atomic E-state index is -1.47. The molecule has 2 heterocycles. The van der Waals surface area contributed by atoms with Crippen LogP contribution in [0.3, 0.4) is 0 Å². The average Bonchev–Trinajstić information content (AvgIpc) is 3.31. The Hall–Kier alpha value is -3.89. The Balaban J connectivity index is 1.51. The number of aliphatic hydroxyl groups excluding tert-OH is 3. The quantitative estimate of drug-likeness (QED) is 0.0344. The lowest BCUT2D eigenvalue weighted by molar-refractivity contribution is -0.256. The lowest BCUT2D eigenvalue weighted by atomic mass is 9.55. The number of nitrogens with zero attached hydrogens (tertiary/aromatic N) is 2. The van der Waals surface area contributed by atoms with Gasteiger partial charge >= 0.3 is 6.09 Å². The highest BCUT2D eigenvalue weighted by Crippen LogP contribution is 2.62. The number of carbonyl (C=O) groups is 1. The van der Waals surface area contributed by atoms with Crippen molar-refractivity contribution in [2.45, 2.75) is 99.6 Å². The van der Waals surface area contributed by atoms with Crippen LogP contribution in [-0.2, 0) is 23.8 Å². The molecule has 2 aliphatic heterocycles. The van der Waals surface area contributed by atoms with Crippen molar-refractivity contribution in [1.29, 1.82) is 0 Å². The molecule has 0 aromatic heterocycles. The molecular weight excluding hydrogens is 825 g/mol. The van der Waals surface area contributed by atoms with Gasteiger partial charge in [-0.3, -0.25) is 4.90 Å². The number of hydrogen-bond donors (Lipinski definition) is 3. The lowest BCUT2D eigenvalue weighted by Crippen LogP contribution is -2.70. The summed E-state index contributed by atoms with van der Waals surface area (Å²) in [6, 6.07) is 15.5. The Morgan fingerprint density at radius 1 is 0.952 bits per heavy atom. The van der Waals surface area contributed by atoms with Gasteiger partial charge in [-0.2, -0.15) is 0 Å². The monoisotopic (exact) mass is 892 g/mol. The van der Waals surface area contributed by atoms with Crippen LogP contribution < -0.4 is 9.47 Å². The molecule has 2 aliphatic carbocycles. The van der Waals surface area contributed by atoms with Gasteiger partial charge in [0.25, 0.3) is 0 Å². The highest BCUT2D eigenvalue weighted by Gasteiger charge is 2.65. The van der Waals surface area contributed by atoms with Crippen molar-refractivity contribution < 1.29 is 53.4 Å². The molecule has 1 amide bonds. The molecule has 7 unspecified atom stereocenters. The first kappa shape index (κ1) is 48.6. The van der Waals surface area contributed by atoms with Crippen LogP contribution in [-0.4, -0.2) is 122 Å². The standard InChI is InChI=1S/C49H68N2O11S/c1-3-5-27-59-48(55)51(22-29-56-30-25-54)44-35-42(50-62-45-19-11-14-28-58-45)40-33-36(15-9-12-23-52)39(18-10-13-24-53)46-41-34-37(57-31-32-63-38-16-7-6-8-17-38)20-21-43(41)61-49(44,47(40)46)60-26-4-2/h3-4,6-8,16-17,20-21,33-34,36,39,44-47,52-54H,1-2,5,9-15,18-19,22-32,35H2. The predicted octanol–water partition coefficient (Wildman–Crippen LogP) is 8.04. The Morgan fingerprint density at radius 3 is 2.52 bits per heavy atom. The summed E-state index contributed by atoms with van der Waals surface area (Å²) in [6.45, 7) is 9.53. The summed E-state index contributed by atoms with van der Waals surface area (Å²) < 4.78 is 38.5. The summed E-state index contributed by atoms with van der Waals surface area (Å²) in [5, 5.41) is 34.4. The Kier molecular flexibility index (Phi) is 19.7. The number of fused-ring (bicyclic) bond motifs is 2. The predicted molar refractivity (Wildman–Crippen MR) is 243 cm³/mol. The van der Waals surface area contributed by atoms with E-state index in [9.17, 15) is 20.1 Å². The van der Waals surface area contributed by atoms with Crippen LogP contribution in [0.4, 0.5) is 4.79 Å². The molecule has 2 aromatic rings. The molecule has 1 saturated heterocycles. The molecule has 14 heteroatoms. The molecule has 2 aromatic carbocycles. The molecule has 3 N–H and O–H groups in total. The van der Waals surface area contributed by atoms with E-state index in [-0.39, 0.29) is 77.0 Å². The van der Waals surface area contributed by atoms with Crippen molar-refractivity contribution in [3.8, 4) is 11.5 Å². The van der Waals surface area contributed by atoms with Crippen LogP contribution in [0.2, 0.25) is 0 Å². The van der Waals surface area contributed by atoms with Gasteiger partial charge in [0.15, 0.2) is 0 Å². The number of rotatable bonds is 27. The van der Waals surface area contributed by atoms with Crippen LogP contribution in [0.15, 0.2) is 95.5 Å². The van der Waals surface area contributed by atoms with Crippen molar-refractivity contribution >= 4 is 23.6 Å². The van der Waals surface area contributed by atoms with E-state index in [1.54, 1.807) is 28.8 Å². The van der Waals surface area contributed by atoms with Gasteiger partial charge in [-0.1, -0.05) is 54.4 Å². The normalized spacial score (nSPS) is 25.5. The maximum Gasteiger partial charge on any atom is 0.410 e. The zero-order chi connectivity index (χ0) is 44.3. The first-order valence-electron chi connectivity index (χ1n) is 22.9. The summed E-state index contributed by atoms with van der Waals surface area (Å²) in [7, 11) is 0. The van der Waals surface area contributed by atoms with E-state index in [1.807, 2.05) is 30.3 Å². The number of hydrogen-bond acceptors (Lipinski definition) is 13. The molecule has 4 aliphatic rings.